The van der Waals surface area contributed by atoms with E-state index in [0.29, 0.717) is 5.56 Å². The Morgan fingerprint density at radius 3 is 2.59 bits per heavy atom. The summed E-state index contributed by atoms with van der Waals surface area (Å²) in [6, 6.07) is 7.63. The summed E-state index contributed by atoms with van der Waals surface area (Å²) >= 11 is 0. The molecule has 8 nitrogen and oxygen atoms in total. The fourth-order valence-electron chi connectivity index (χ4n) is 2.58. The Labute approximate surface area is 151 Å². The minimum atomic E-state index is -0.949. The number of nitrogens with one attached hydrogen (secondary N) is 1. The molecule has 138 valence electrons. The number of aromatic hydroxyl groups is 1. The third-order valence-electron chi connectivity index (χ3n) is 4.01. The molecule has 0 unspecified atom stereocenters. The monoisotopic (exact) mass is 372 g/mol. The van der Waals surface area contributed by atoms with E-state index in [0.717, 1.165) is 6.07 Å². The van der Waals surface area contributed by atoms with Crippen LogP contribution in [0.4, 0.5) is 10.1 Å². The van der Waals surface area contributed by atoms with Crippen LogP contribution in [-0.2, 0) is 6.54 Å². The minimum absolute atomic E-state index is 0.0228. The number of halogens is 1. The van der Waals surface area contributed by atoms with Gasteiger partial charge in [0.05, 0.1) is 4.92 Å². The standard InChI is InChI=1S/C18H13FN2O6/c1-9-15(22)14(21(25)26)7-11-6-13(18(24)27-16(9)11)17(23)20-8-10-2-4-12(19)5-3-10/h2-7,22H,8H2,1H3,(H,20,23). The second kappa shape index (κ2) is 6.87. The molecule has 2 aromatic carbocycles. The van der Waals surface area contributed by atoms with E-state index in [4.69, 9.17) is 4.42 Å². The second-order valence-electron chi connectivity index (χ2n) is 5.80. The predicted octanol–water partition coefficient (Wildman–Crippen LogP) is 2.78. The van der Waals surface area contributed by atoms with Gasteiger partial charge in [-0.2, -0.15) is 0 Å². The molecular formula is C18H13FN2O6. The number of phenols is 1. The van der Waals surface area contributed by atoms with Crippen LogP contribution in [0.2, 0.25) is 0 Å². The number of nitro groups is 1. The highest BCUT2D eigenvalue weighted by Crippen LogP contribution is 2.35. The number of fused-ring (bicyclic) bond motifs is 1. The molecule has 1 amide bonds. The average molecular weight is 372 g/mol. The minimum Gasteiger partial charge on any atom is -0.502 e. The van der Waals surface area contributed by atoms with Gasteiger partial charge < -0.3 is 14.8 Å². The number of aryl methyl sites for hydroxylation is 1. The summed E-state index contributed by atoms with van der Waals surface area (Å²) in [6.07, 6.45) is 0. The van der Waals surface area contributed by atoms with E-state index in [1.165, 1.54) is 37.3 Å². The first-order valence-electron chi connectivity index (χ1n) is 7.75. The molecule has 0 aliphatic heterocycles. The van der Waals surface area contributed by atoms with Gasteiger partial charge in [0.2, 0.25) is 5.75 Å². The Balaban J connectivity index is 1.96. The molecule has 2 N–H and O–H groups in total. The Hall–Kier alpha value is -3.75. The Morgan fingerprint density at radius 2 is 1.96 bits per heavy atom. The van der Waals surface area contributed by atoms with Crippen LogP contribution in [0.25, 0.3) is 11.0 Å². The van der Waals surface area contributed by atoms with Crippen LogP contribution in [-0.4, -0.2) is 15.9 Å². The van der Waals surface area contributed by atoms with Crippen molar-refractivity contribution in [2.45, 2.75) is 13.5 Å². The lowest BCUT2D eigenvalue weighted by atomic mass is 10.1. The van der Waals surface area contributed by atoms with Crippen LogP contribution in [0.1, 0.15) is 21.5 Å². The number of amides is 1. The molecule has 0 spiro atoms. The highest BCUT2D eigenvalue weighted by molar-refractivity contribution is 5.97. The lowest BCUT2D eigenvalue weighted by molar-refractivity contribution is -0.385. The van der Waals surface area contributed by atoms with Crippen LogP contribution < -0.4 is 10.9 Å². The number of hydrogen-bond acceptors (Lipinski definition) is 6. The van der Waals surface area contributed by atoms with Crippen molar-refractivity contribution in [3.05, 3.63) is 79.4 Å². The second-order valence-corrected chi connectivity index (χ2v) is 5.80. The summed E-state index contributed by atoms with van der Waals surface area (Å²) in [5.74, 6) is -1.77. The smallest absolute Gasteiger partial charge is 0.349 e. The van der Waals surface area contributed by atoms with Crippen LogP contribution in [0.15, 0.2) is 45.6 Å². The van der Waals surface area contributed by atoms with Gasteiger partial charge in [0.1, 0.15) is 17.0 Å². The normalized spacial score (nSPS) is 10.7. The van der Waals surface area contributed by atoms with Gasteiger partial charge in [-0.25, -0.2) is 9.18 Å². The average Bonchev–Trinajstić information content (AvgIpc) is 2.63. The fourth-order valence-corrected chi connectivity index (χ4v) is 2.58. The number of rotatable bonds is 4. The number of carbonyl (C=O) groups excluding carboxylic acids is 1. The van der Waals surface area contributed by atoms with Crippen molar-refractivity contribution < 1.29 is 23.6 Å². The van der Waals surface area contributed by atoms with E-state index >= 15 is 0 Å². The van der Waals surface area contributed by atoms with Crippen LogP contribution in [0.3, 0.4) is 0 Å². The maximum Gasteiger partial charge on any atom is 0.349 e. The quantitative estimate of drug-likeness (QED) is 0.412. The molecule has 0 bridgehead atoms. The number of phenolic OH excluding ortho intramolecular Hbond substituents is 1. The first kappa shape index (κ1) is 18.1. The largest absolute Gasteiger partial charge is 0.502 e. The topological polar surface area (TPSA) is 123 Å². The van der Waals surface area contributed by atoms with Gasteiger partial charge in [-0.05, 0) is 30.7 Å². The summed E-state index contributed by atoms with van der Waals surface area (Å²) in [5, 5.41) is 23.5. The first-order valence-corrected chi connectivity index (χ1v) is 7.75. The van der Waals surface area contributed by atoms with Gasteiger partial charge >= 0.3 is 11.3 Å². The molecule has 0 fully saturated rings. The molecule has 0 aliphatic carbocycles. The van der Waals surface area contributed by atoms with Crippen LogP contribution in [0.5, 0.6) is 5.75 Å². The van der Waals surface area contributed by atoms with Crippen molar-refractivity contribution >= 4 is 22.6 Å². The van der Waals surface area contributed by atoms with Gasteiger partial charge in [-0.1, -0.05) is 12.1 Å². The van der Waals surface area contributed by atoms with E-state index in [-0.39, 0.29) is 28.6 Å². The van der Waals surface area contributed by atoms with Gasteiger partial charge in [0.15, 0.2) is 0 Å². The molecule has 27 heavy (non-hydrogen) atoms. The summed E-state index contributed by atoms with van der Waals surface area (Å²) in [4.78, 5) is 34.7. The van der Waals surface area contributed by atoms with E-state index in [1.807, 2.05) is 0 Å². The third kappa shape index (κ3) is 3.47. The molecule has 1 heterocycles. The molecule has 3 rings (SSSR count). The van der Waals surface area contributed by atoms with Crippen molar-refractivity contribution in [3.63, 3.8) is 0 Å². The van der Waals surface area contributed by atoms with Gasteiger partial charge in [0.25, 0.3) is 5.91 Å². The van der Waals surface area contributed by atoms with E-state index < -0.39 is 33.7 Å². The van der Waals surface area contributed by atoms with Crippen LogP contribution >= 0.6 is 0 Å². The molecule has 0 aliphatic rings. The predicted molar refractivity (Wildman–Crippen MR) is 93.1 cm³/mol. The van der Waals surface area contributed by atoms with Crippen molar-refractivity contribution in [2.24, 2.45) is 0 Å². The molecule has 9 heteroatoms. The van der Waals surface area contributed by atoms with Gasteiger partial charge in [-0.3, -0.25) is 14.9 Å². The zero-order chi connectivity index (χ0) is 19.7. The summed E-state index contributed by atoms with van der Waals surface area (Å²) in [6.45, 7) is 1.41. The molecule has 0 saturated heterocycles. The highest BCUT2D eigenvalue weighted by atomic mass is 19.1. The summed E-state index contributed by atoms with van der Waals surface area (Å²) in [5.41, 5.74) is -1.26. The Morgan fingerprint density at radius 1 is 1.30 bits per heavy atom. The van der Waals surface area contributed by atoms with Crippen molar-refractivity contribution in [1.82, 2.24) is 5.32 Å². The number of hydrogen-bond donors (Lipinski definition) is 2. The summed E-state index contributed by atoms with van der Waals surface area (Å²) < 4.78 is 18.0. The molecule has 0 atom stereocenters. The number of nitrogens with zero attached hydrogens (tertiary/aromatic N) is 1. The third-order valence-corrected chi connectivity index (χ3v) is 4.01. The molecule has 0 saturated carbocycles. The Bertz CT molecular complexity index is 1120. The number of benzene rings is 2. The Kier molecular flexibility index (Phi) is 4.59. The number of carbonyl (C=O) groups is 1. The van der Waals surface area contributed by atoms with Crippen LogP contribution in [0, 0.1) is 22.9 Å². The zero-order valence-electron chi connectivity index (χ0n) is 14.0. The van der Waals surface area contributed by atoms with Crippen molar-refractivity contribution in [1.29, 1.82) is 0 Å². The fraction of sp³-hybridized carbons (Fsp3) is 0.111. The first-order chi connectivity index (χ1) is 12.8. The van der Waals surface area contributed by atoms with Gasteiger partial charge in [-0.15, -0.1) is 0 Å². The lowest BCUT2D eigenvalue weighted by Crippen LogP contribution is -2.27. The SMILES string of the molecule is Cc1c(O)c([N+](=O)[O-])cc2cc(C(=O)NCc3ccc(F)cc3)c(=O)oc12. The molecule has 3 aromatic rings. The maximum atomic E-state index is 12.9. The molecular weight excluding hydrogens is 359 g/mol. The zero-order valence-corrected chi connectivity index (χ0v) is 14.0. The summed E-state index contributed by atoms with van der Waals surface area (Å²) in [7, 11) is 0. The lowest BCUT2D eigenvalue weighted by Gasteiger charge is -2.07. The van der Waals surface area contributed by atoms with E-state index in [9.17, 15) is 29.2 Å². The number of nitro benzene ring substituents is 1. The highest BCUT2D eigenvalue weighted by Gasteiger charge is 2.22. The molecule has 1 aromatic heterocycles. The van der Waals surface area contributed by atoms with E-state index in [2.05, 4.69) is 5.32 Å². The molecule has 0 radical (unpaired) electrons. The van der Waals surface area contributed by atoms with E-state index in [1.54, 1.807) is 0 Å². The van der Waals surface area contributed by atoms with Gasteiger partial charge in [0, 0.05) is 23.6 Å². The maximum absolute atomic E-state index is 12.9. The van der Waals surface area contributed by atoms with Crippen molar-refractivity contribution in [2.75, 3.05) is 0 Å². The van der Waals surface area contributed by atoms with Crippen molar-refractivity contribution in [3.8, 4) is 5.75 Å².